The third-order valence-electron chi connectivity index (χ3n) is 4.20. The normalized spacial score (nSPS) is 11.8. The molecule has 0 fully saturated rings. The standard InChI is InChI=1S/C19H19NO4S3.ClH/c1-13-5-3-4-6-16(13)17-11-15(8-9-18(17)26(2,21)22)27(23,24)19-10-7-14(12-20)25-19;/h3-11H,12,20H2,1-2H3;1H. The molecule has 9 heteroatoms. The van der Waals surface area contributed by atoms with E-state index in [-0.39, 0.29) is 33.0 Å². The predicted octanol–water partition coefficient (Wildman–Crippen LogP) is 3.84. The van der Waals surface area contributed by atoms with Crippen LogP contribution >= 0.6 is 23.7 Å². The van der Waals surface area contributed by atoms with Crippen molar-refractivity contribution in [1.82, 2.24) is 0 Å². The van der Waals surface area contributed by atoms with Gasteiger partial charge in [0, 0.05) is 23.2 Å². The van der Waals surface area contributed by atoms with E-state index < -0.39 is 19.7 Å². The molecule has 1 heterocycles. The Bertz CT molecular complexity index is 1220. The molecule has 3 rings (SSSR count). The Balaban J connectivity index is 0.00000280. The van der Waals surface area contributed by atoms with Crippen molar-refractivity contribution in [3.63, 3.8) is 0 Å². The van der Waals surface area contributed by atoms with E-state index in [0.29, 0.717) is 11.1 Å². The Morgan fingerprint density at radius 1 is 0.929 bits per heavy atom. The first-order valence-corrected chi connectivity index (χ1v) is 12.3. The molecule has 5 nitrogen and oxygen atoms in total. The minimum atomic E-state index is -3.77. The molecule has 0 aliphatic heterocycles. The first kappa shape index (κ1) is 22.6. The number of sulfone groups is 2. The third kappa shape index (κ3) is 4.31. The fourth-order valence-electron chi connectivity index (χ4n) is 2.81. The van der Waals surface area contributed by atoms with E-state index in [1.165, 1.54) is 24.3 Å². The smallest absolute Gasteiger partial charge is 0.215 e. The first-order valence-electron chi connectivity index (χ1n) is 8.08. The van der Waals surface area contributed by atoms with Crippen LogP contribution in [0.2, 0.25) is 0 Å². The van der Waals surface area contributed by atoms with Crippen LogP contribution in [-0.4, -0.2) is 23.1 Å². The van der Waals surface area contributed by atoms with Crippen LogP contribution in [0, 0.1) is 6.92 Å². The van der Waals surface area contributed by atoms with Gasteiger partial charge in [-0.1, -0.05) is 24.3 Å². The van der Waals surface area contributed by atoms with Crippen molar-refractivity contribution in [2.45, 2.75) is 27.5 Å². The highest BCUT2D eigenvalue weighted by Gasteiger charge is 2.24. The summed E-state index contributed by atoms with van der Waals surface area (Å²) in [4.78, 5) is 0.920. The van der Waals surface area contributed by atoms with Crippen LogP contribution in [0.15, 0.2) is 68.6 Å². The summed E-state index contributed by atoms with van der Waals surface area (Å²) in [6.07, 6.45) is 1.12. The van der Waals surface area contributed by atoms with E-state index in [1.807, 2.05) is 19.1 Å². The fraction of sp³-hybridized carbons (Fsp3) is 0.158. The SMILES string of the molecule is Cc1ccccc1-c1cc(S(=O)(=O)c2ccc(CN)s2)ccc1S(C)(=O)=O.Cl. The fourth-order valence-corrected chi connectivity index (χ4v) is 6.36. The molecule has 28 heavy (non-hydrogen) atoms. The Labute approximate surface area is 175 Å². The Hall–Kier alpha value is -1.71. The van der Waals surface area contributed by atoms with Crippen molar-refractivity contribution in [2.75, 3.05) is 6.26 Å². The maximum atomic E-state index is 13.0. The molecular formula is C19H20ClNO4S3. The van der Waals surface area contributed by atoms with Gasteiger partial charge in [0.1, 0.15) is 4.21 Å². The van der Waals surface area contributed by atoms with Gasteiger partial charge in [-0.05, 0) is 48.4 Å². The van der Waals surface area contributed by atoms with E-state index >= 15 is 0 Å². The van der Waals surface area contributed by atoms with Crippen LogP contribution in [0.5, 0.6) is 0 Å². The zero-order valence-electron chi connectivity index (χ0n) is 15.2. The third-order valence-corrected chi connectivity index (χ3v) is 8.70. The molecule has 2 aromatic carbocycles. The van der Waals surface area contributed by atoms with Crippen LogP contribution in [-0.2, 0) is 26.2 Å². The average molecular weight is 458 g/mol. The van der Waals surface area contributed by atoms with Crippen molar-refractivity contribution in [1.29, 1.82) is 0 Å². The second-order valence-electron chi connectivity index (χ2n) is 6.17. The minimum Gasteiger partial charge on any atom is -0.326 e. The van der Waals surface area contributed by atoms with Gasteiger partial charge in [0.2, 0.25) is 9.84 Å². The van der Waals surface area contributed by atoms with Gasteiger partial charge in [-0.3, -0.25) is 0 Å². The maximum absolute atomic E-state index is 13.0. The predicted molar refractivity (Wildman–Crippen MR) is 115 cm³/mol. The van der Waals surface area contributed by atoms with E-state index in [9.17, 15) is 16.8 Å². The lowest BCUT2D eigenvalue weighted by atomic mass is 10.0. The molecule has 0 saturated carbocycles. The largest absolute Gasteiger partial charge is 0.326 e. The second kappa shape index (κ2) is 8.34. The summed E-state index contributed by atoms with van der Waals surface area (Å²) in [6, 6.07) is 14.6. The van der Waals surface area contributed by atoms with Gasteiger partial charge >= 0.3 is 0 Å². The van der Waals surface area contributed by atoms with Gasteiger partial charge < -0.3 is 5.73 Å². The van der Waals surface area contributed by atoms with Gasteiger partial charge in [0.05, 0.1) is 9.79 Å². The summed E-state index contributed by atoms with van der Waals surface area (Å²) < 4.78 is 50.7. The van der Waals surface area contributed by atoms with Gasteiger partial charge in [0.25, 0.3) is 0 Å². The molecule has 0 amide bonds. The van der Waals surface area contributed by atoms with Crippen molar-refractivity contribution in [2.24, 2.45) is 5.73 Å². The van der Waals surface area contributed by atoms with Crippen molar-refractivity contribution < 1.29 is 16.8 Å². The van der Waals surface area contributed by atoms with Crippen LogP contribution in [0.3, 0.4) is 0 Å². The van der Waals surface area contributed by atoms with Crippen molar-refractivity contribution in [3.8, 4) is 11.1 Å². The highest BCUT2D eigenvalue weighted by molar-refractivity contribution is 7.93. The highest BCUT2D eigenvalue weighted by Crippen LogP contribution is 2.35. The molecule has 0 unspecified atom stereocenters. The first-order chi connectivity index (χ1) is 12.6. The van der Waals surface area contributed by atoms with E-state index in [2.05, 4.69) is 0 Å². The molecular weight excluding hydrogens is 438 g/mol. The molecule has 0 radical (unpaired) electrons. The van der Waals surface area contributed by atoms with E-state index in [4.69, 9.17) is 5.73 Å². The van der Waals surface area contributed by atoms with Gasteiger partial charge in [-0.25, -0.2) is 16.8 Å². The number of hydrogen-bond donors (Lipinski definition) is 1. The number of halogens is 1. The molecule has 150 valence electrons. The topological polar surface area (TPSA) is 94.3 Å². The number of hydrogen-bond acceptors (Lipinski definition) is 6. The van der Waals surface area contributed by atoms with Crippen molar-refractivity contribution in [3.05, 3.63) is 65.0 Å². The van der Waals surface area contributed by atoms with E-state index in [0.717, 1.165) is 28.0 Å². The molecule has 0 bridgehead atoms. The van der Waals surface area contributed by atoms with Gasteiger partial charge in [-0.15, -0.1) is 23.7 Å². The molecule has 0 saturated heterocycles. The number of rotatable bonds is 5. The van der Waals surface area contributed by atoms with Crippen LogP contribution in [0.25, 0.3) is 11.1 Å². The quantitative estimate of drug-likeness (QED) is 0.628. The average Bonchev–Trinajstić information content (AvgIpc) is 3.11. The highest BCUT2D eigenvalue weighted by atomic mass is 35.5. The second-order valence-corrected chi connectivity index (χ2v) is 11.5. The number of thiophene rings is 1. The number of benzene rings is 2. The van der Waals surface area contributed by atoms with E-state index in [1.54, 1.807) is 18.2 Å². The number of nitrogens with two attached hydrogens (primary N) is 1. The molecule has 1 aromatic heterocycles. The molecule has 0 atom stereocenters. The summed E-state index contributed by atoms with van der Waals surface area (Å²) in [5, 5.41) is 0. The monoisotopic (exact) mass is 457 g/mol. The zero-order chi connectivity index (χ0) is 19.8. The molecule has 0 spiro atoms. The summed E-state index contributed by atoms with van der Waals surface area (Å²) in [5.41, 5.74) is 7.50. The summed E-state index contributed by atoms with van der Waals surface area (Å²) in [5.74, 6) is 0. The lowest BCUT2D eigenvalue weighted by Crippen LogP contribution is -2.05. The van der Waals surface area contributed by atoms with Crippen LogP contribution in [0.1, 0.15) is 10.4 Å². The molecule has 0 aliphatic rings. The summed E-state index contributed by atoms with van der Waals surface area (Å²) in [7, 11) is -7.30. The zero-order valence-corrected chi connectivity index (χ0v) is 18.5. The Morgan fingerprint density at radius 2 is 1.61 bits per heavy atom. The van der Waals surface area contributed by atoms with Crippen molar-refractivity contribution >= 4 is 43.4 Å². The maximum Gasteiger partial charge on any atom is 0.215 e. The van der Waals surface area contributed by atoms with Gasteiger partial charge in [-0.2, -0.15) is 0 Å². The molecule has 3 aromatic rings. The lowest BCUT2D eigenvalue weighted by molar-refractivity contribution is 0.596. The summed E-state index contributed by atoms with van der Waals surface area (Å²) >= 11 is 1.12. The Morgan fingerprint density at radius 3 is 2.18 bits per heavy atom. The lowest BCUT2D eigenvalue weighted by Gasteiger charge is -2.13. The molecule has 2 N–H and O–H groups in total. The number of aryl methyl sites for hydroxylation is 1. The van der Waals surface area contributed by atoms with Crippen LogP contribution in [0.4, 0.5) is 0 Å². The Kier molecular flexibility index (Phi) is 6.73. The molecule has 0 aliphatic carbocycles. The summed E-state index contributed by atoms with van der Waals surface area (Å²) in [6.45, 7) is 2.12. The van der Waals surface area contributed by atoms with Crippen LogP contribution < -0.4 is 5.73 Å². The van der Waals surface area contributed by atoms with Gasteiger partial charge in [0.15, 0.2) is 9.84 Å². The minimum absolute atomic E-state index is 0.